The van der Waals surface area contributed by atoms with E-state index in [1.807, 2.05) is 30.0 Å². The van der Waals surface area contributed by atoms with E-state index in [4.69, 9.17) is 0 Å². The van der Waals surface area contributed by atoms with E-state index < -0.39 is 0 Å². The van der Waals surface area contributed by atoms with Gasteiger partial charge in [0.1, 0.15) is 0 Å². The number of ether oxygens (including phenoxy) is 1. The molecule has 0 bridgehead atoms. The number of benzene rings is 1. The molecule has 0 atom stereocenters. The van der Waals surface area contributed by atoms with Gasteiger partial charge in [0, 0.05) is 12.2 Å². The van der Waals surface area contributed by atoms with Crippen LogP contribution < -0.4 is 5.32 Å². The topological polar surface area (TPSA) is 38.3 Å². The summed E-state index contributed by atoms with van der Waals surface area (Å²) in [4.78, 5) is 11.3. The van der Waals surface area contributed by atoms with E-state index in [-0.39, 0.29) is 5.97 Å². The summed E-state index contributed by atoms with van der Waals surface area (Å²) in [5, 5.41) is 3.30. The lowest BCUT2D eigenvalue weighted by atomic mass is 10.2. The Hall–Kier alpha value is -1.16. The Morgan fingerprint density at radius 1 is 1.47 bits per heavy atom. The zero-order valence-electron chi connectivity index (χ0n) is 10.4. The van der Waals surface area contributed by atoms with Crippen molar-refractivity contribution in [1.29, 1.82) is 0 Å². The van der Waals surface area contributed by atoms with Crippen molar-refractivity contribution >= 4 is 23.4 Å². The van der Waals surface area contributed by atoms with Crippen LogP contribution in [-0.2, 0) is 4.74 Å². The summed E-state index contributed by atoms with van der Waals surface area (Å²) in [6, 6.07) is 7.39. The lowest BCUT2D eigenvalue weighted by molar-refractivity contribution is 0.0601. The zero-order chi connectivity index (χ0) is 12.5. The molecule has 0 saturated carbocycles. The molecule has 0 aliphatic rings. The molecule has 0 aliphatic carbocycles. The summed E-state index contributed by atoms with van der Waals surface area (Å²) in [5.41, 5.74) is 1.55. The number of rotatable bonds is 7. The molecule has 1 N–H and O–H groups in total. The maximum absolute atomic E-state index is 11.3. The summed E-state index contributed by atoms with van der Waals surface area (Å²) in [7, 11) is 1.39. The number of methoxy groups -OCH3 is 1. The summed E-state index contributed by atoms with van der Waals surface area (Å²) in [6.45, 7) is 3.09. The molecule has 0 aliphatic heterocycles. The molecular weight excluding hydrogens is 234 g/mol. The lowest BCUT2D eigenvalue weighted by Gasteiger charge is -2.07. The van der Waals surface area contributed by atoms with E-state index in [2.05, 4.69) is 17.0 Å². The third kappa shape index (κ3) is 5.13. The molecule has 1 rings (SSSR count). The normalized spacial score (nSPS) is 10.0. The monoisotopic (exact) mass is 253 g/mol. The maximum atomic E-state index is 11.3. The first-order valence-corrected chi connectivity index (χ1v) is 6.93. The van der Waals surface area contributed by atoms with Crippen LogP contribution >= 0.6 is 11.8 Å². The van der Waals surface area contributed by atoms with Crippen molar-refractivity contribution < 1.29 is 9.53 Å². The molecule has 0 unspecified atom stereocenters. The largest absolute Gasteiger partial charge is 0.465 e. The van der Waals surface area contributed by atoms with Crippen molar-refractivity contribution in [3.63, 3.8) is 0 Å². The molecule has 1 aromatic rings. The van der Waals surface area contributed by atoms with E-state index >= 15 is 0 Å². The fraction of sp³-hybridized carbons (Fsp3) is 0.462. The Bertz CT molecular complexity index is 355. The Morgan fingerprint density at radius 3 is 3.00 bits per heavy atom. The number of anilines is 1. The molecule has 0 radical (unpaired) electrons. The summed E-state index contributed by atoms with van der Waals surface area (Å²) in [6.07, 6.45) is 1.13. The van der Waals surface area contributed by atoms with Crippen LogP contribution in [0.3, 0.4) is 0 Å². The molecule has 0 fully saturated rings. The molecule has 94 valence electrons. The predicted octanol–water partition coefficient (Wildman–Crippen LogP) is 3.03. The Labute approximate surface area is 107 Å². The Morgan fingerprint density at radius 2 is 2.29 bits per heavy atom. The summed E-state index contributed by atoms with van der Waals surface area (Å²) >= 11 is 1.94. The Kier molecular flexibility index (Phi) is 6.55. The van der Waals surface area contributed by atoms with Gasteiger partial charge in [-0.2, -0.15) is 11.8 Å². The predicted molar refractivity (Wildman–Crippen MR) is 73.9 cm³/mol. The average Bonchev–Trinajstić information content (AvgIpc) is 2.38. The molecule has 0 amide bonds. The summed E-state index contributed by atoms with van der Waals surface area (Å²) < 4.78 is 4.68. The third-order valence-electron chi connectivity index (χ3n) is 2.28. The standard InChI is InChI=1S/C13H19NO2S/c1-3-17-9-5-8-14-12-7-4-6-11(10-12)13(15)16-2/h4,6-7,10,14H,3,5,8-9H2,1-2H3. The van der Waals surface area contributed by atoms with Crippen LogP contribution in [0.1, 0.15) is 23.7 Å². The Balaban J connectivity index is 2.40. The second-order valence-corrected chi connectivity index (χ2v) is 4.94. The van der Waals surface area contributed by atoms with Crippen molar-refractivity contribution in [3.8, 4) is 0 Å². The smallest absolute Gasteiger partial charge is 0.337 e. The minimum absolute atomic E-state index is 0.296. The van der Waals surface area contributed by atoms with Crippen LogP contribution in [-0.4, -0.2) is 31.1 Å². The van der Waals surface area contributed by atoms with Gasteiger partial charge in [-0.1, -0.05) is 13.0 Å². The van der Waals surface area contributed by atoms with Gasteiger partial charge in [-0.25, -0.2) is 4.79 Å². The van der Waals surface area contributed by atoms with Crippen LogP contribution in [0.2, 0.25) is 0 Å². The molecule has 4 heteroatoms. The van der Waals surface area contributed by atoms with Gasteiger partial charge >= 0.3 is 5.97 Å². The van der Waals surface area contributed by atoms with Crippen molar-refractivity contribution in [3.05, 3.63) is 29.8 Å². The van der Waals surface area contributed by atoms with Gasteiger partial charge in [-0.15, -0.1) is 0 Å². The first-order valence-electron chi connectivity index (χ1n) is 5.78. The molecule has 0 spiro atoms. The van der Waals surface area contributed by atoms with Gasteiger partial charge in [-0.3, -0.25) is 0 Å². The van der Waals surface area contributed by atoms with Gasteiger partial charge in [0.05, 0.1) is 12.7 Å². The highest BCUT2D eigenvalue weighted by molar-refractivity contribution is 7.99. The van der Waals surface area contributed by atoms with Crippen molar-refractivity contribution in [2.75, 3.05) is 30.5 Å². The number of thioether (sulfide) groups is 1. The molecule has 3 nitrogen and oxygen atoms in total. The van der Waals surface area contributed by atoms with E-state index in [0.29, 0.717) is 5.56 Å². The van der Waals surface area contributed by atoms with Crippen LogP contribution in [0.15, 0.2) is 24.3 Å². The highest BCUT2D eigenvalue weighted by atomic mass is 32.2. The highest BCUT2D eigenvalue weighted by Gasteiger charge is 2.04. The zero-order valence-corrected chi connectivity index (χ0v) is 11.2. The van der Waals surface area contributed by atoms with Gasteiger partial charge < -0.3 is 10.1 Å². The molecule has 0 aromatic heterocycles. The number of carbonyl (C=O) groups is 1. The fourth-order valence-electron chi connectivity index (χ4n) is 1.43. The van der Waals surface area contributed by atoms with Crippen molar-refractivity contribution in [2.45, 2.75) is 13.3 Å². The molecule has 0 heterocycles. The SMILES string of the molecule is CCSCCCNc1cccc(C(=O)OC)c1. The van der Waals surface area contributed by atoms with Crippen LogP contribution in [0.25, 0.3) is 0 Å². The minimum Gasteiger partial charge on any atom is -0.465 e. The van der Waals surface area contributed by atoms with Gasteiger partial charge in [0.25, 0.3) is 0 Å². The van der Waals surface area contributed by atoms with Gasteiger partial charge in [0.2, 0.25) is 0 Å². The minimum atomic E-state index is -0.296. The first kappa shape index (κ1) is 13.9. The second-order valence-electron chi connectivity index (χ2n) is 3.55. The lowest BCUT2D eigenvalue weighted by Crippen LogP contribution is -2.05. The van der Waals surface area contributed by atoms with Gasteiger partial charge in [-0.05, 0) is 36.1 Å². The second kappa shape index (κ2) is 8.01. The van der Waals surface area contributed by atoms with Gasteiger partial charge in [0.15, 0.2) is 0 Å². The number of nitrogens with one attached hydrogen (secondary N) is 1. The van der Waals surface area contributed by atoms with E-state index in [9.17, 15) is 4.79 Å². The number of esters is 1. The summed E-state index contributed by atoms with van der Waals surface area (Å²) in [5.74, 6) is 2.04. The van der Waals surface area contributed by atoms with E-state index in [1.54, 1.807) is 6.07 Å². The van der Waals surface area contributed by atoms with E-state index in [1.165, 1.54) is 12.9 Å². The number of hydrogen-bond acceptors (Lipinski definition) is 4. The quantitative estimate of drug-likeness (QED) is 0.599. The van der Waals surface area contributed by atoms with E-state index in [0.717, 1.165) is 24.4 Å². The van der Waals surface area contributed by atoms with Crippen LogP contribution in [0.4, 0.5) is 5.69 Å². The molecule has 1 aromatic carbocycles. The molecule has 17 heavy (non-hydrogen) atoms. The average molecular weight is 253 g/mol. The molecular formula is C13H19NO2S. The van der Waals surface area contributed by atoms with Crippen molar-refractivity contribution in [2.24, 2.45) is 0 Å². The number of carbonyl (C=O) groups excluding carboxylic acids is 1. The number of hydrogen-bond donors (Lipinski definition) is 1. The fourth-order valence-corrected chi connectivity index (χ4v) is 2.06. The third-order valence-corrected chi connectivity index (χ3v) is 3.27. The highest BCUT2D eigenvalue weighted by Crippen LogP contribution is 2.11. The van der Waals surface area contributed by atoms with Crippen LogP contribution in [0, 0.1) is 0 Å². The van der Waals surface area contributed by atoms with Crippen molar-refractivity contribution in [1.82, 2.24) is 0 Å². The first-order chi connectivity index (χ1) is 8.27. The molecule has 0 saturated heterocycles. The maximum Gasteiger partial charge on any atom is 0.337 e. The van der Waals surface area contributed by atoms with Crippen LogP contribution in [0.5, 0.6) is 0 Å².